The molecule has 0 heterocycles. The van der Waals surface area contributed by atoms with Crippen molar-refractivity contribution in [1.82, 2.24) is 0 Å². The Morgan fingerprint density at radius 1 is 1.11 bits per heavy atom. The molecule has 0 saturated carbocycles. The van der Waals surface area contributed by atoms with Crippen LogP contribution in [0, 0.1) is 0 Å². The smallest absolute Gasteiger partial charge is 0.0139 e. The maximum absolute atomic E-state index is 2.28. The first-order chi connectivity index (χ1) is 4.30. The molecule has 1 aliphatic carbocycles. The van der Waals surface area contributed by atoms with Gasteiger partial charge in [-0.3, -0.25) is 0 Å². The van der Waals surface area contributed by atoms with Gasteiger partial charge < -0.3 is 0 Å². The van der Waals surface area contributed by atoms with Gasteiger partial charge in [-0.2, -0.15) is 0 Å². The van der Waals surface area contributed by atoms with Gasteiger partial charge in [-0.25, -0.2) is 0 Å². The third kappa shape index (κ3) is 1.70. The summed E-state index contributed by atoms with van der Waals surface area (Å²) in [6, 6.07) is 0. The van der Waals surface area contributed by atoms with Crippen LogP contribution in [-0.2, 0) is 0 Å². The van der Waals surface area contributed by atoms with Crippen LogP contribution in [-0.4, -0.2) is 0 Å². The Balaban J connectivity index is 2.67. The van der Waals surface area contributed by atoms with Crippen LogP contribution in [0.25, 0.3) is 0 Å². The normalized spacial score (nSPS) is 20.2. The lowest BCUT2D eigenvalue weighted by atomic mass is 10.1. The van der Waals surface area contributed by atoms with Gasteiger partial charge >= 0.3 is 0 Å². The van der Waals surface area contributed by atoms with Gasteiger partial charge in [0.15, 0.2) is 0 Å². The van der Waals surface area contributed by atoms with Gasteiger partial charge in [0.05, 0.1) is 0 Å². The summed E-state index contributed by atoms with van der Waals surface area (Å²) in [5.74, 6) is 0. The molecule has 0 bridgehead atoms. The van der Waals surface area contributed by atoms with E-state index in [9.17, 15) is 0 Å². The fraction of sp³-hybridized carbons (Fsp3) is 0.556. The van der Waals surface area contributed by atoms with Crippen molar-refractivity contribution >= 4 is 0 Å². The highest BCUT2D eigenvalue weighted by molar-refractivity contribution is 5.16. The Morgan fingerprint density at radius 3 is 2.67 bits per heavy atom. The van der Waals surface area contributed by atoms with Crippen LogP contribution in [0.2, 0.25) is 0 Å². The summed E-state index contributed by atoms with van der Waals surface area (Å²) >= 11 is 0. The minimum Gasteiger partial charge on any atom is -0.0879 e. The predicted molar refractivity (Wildman–Crippen MR) is 41.4 cm³/mol. The molecule has 0 nitrogen and oxygen atoms in total. The first kappa shape index (κ1) is 6.60. The fourth-order valence-corrected chi connectivity index (χ4v) is 1.07. The van der Waals surface area contributed by atoms with Gasteiger partial charge in [0.25, 0.3) is 0 Å². The molecule has 1 rings (SSSR count). The molecule has 50 valence electrons. The van der Waals surface area contributed by atoms with E-state index in [1.807, 2.05) is 0 Å². The molecule has 1 aliphatic rings. The molecule has 0 saturated heterocycles. The Morgan fingerprint density at radius 2 is 1.89 bits per heavy atom. The fourth-order valence-electron chi connectivity index (χ4n) is 1.07. The van der Waals surface area contributed by atoms with Gasteiger partial charge in [0, 0.05) is 0 Å². The lowest BCUT2D eigenvalue weighted by Gasteiger charge is -1.99. The summed E-state index contributed by atoms with van der Waals surface area (Å²) in [4.78, 5) is 0. The Hall–Kier alpha value is -0.520. The number of rotatable bonds is 0. The molecule has 0 atom stereocenters. The van der Waals surface area contributed by atoms with Gasteiger partial charge in [-0.05, 0) is 33.1 Å². The largest absolute Gasteiger partial charge is 0.0879 e. The summed E-state index contributed by atoms with van der Waals surface area (Å²) in [7, 11) is 0. The molecule has 0 radical (unpaired) electrons. The molecular formula is C9H14. The first-order valence-electron chi connectivity index (χ1n) is 3.61. The van der Waals surface area contributed by atoms with Crippen molar-refractivity contribution in [3.05, 3.63) is 23.3 Å². The summed E-state index contributed by atoms with van der Waals surface area (Å²) in [5, 5.41) is 0. The van der Waals surface area contributed by atoms with Gasteiger partial charge in [0.1, 0.15) is 0 Å². The lowest BCUT2D eigenvalue weighted by molar-refractivity contribution is 0.965. The summed E-state index contributed by atoms with van der Waals surface area (Å²) in [6.07, 6.45) is 8.23. The highest BCUT2D eigenvalue weighted by Crippen LogP contribution is 2.17. The molecule has 0 aromatic rings. The number of hydrogen-bond acceptors (Lipinski definition) is 0. The molecule has 0 aliphatic heterocycles. The van der Waals surface area contributed by atoms with E-state index < -0.39 is 0 Å². The molecule has 0 aromatic carbocycles. The van der Waals surface area contributed by atoms with E-state index in [1.54, 1.807) is 11.1 Å². The summed E-state index contributed by atoms with van der Waals surface area (Å²) in [6.45, 7) is 4.47. The van der Waals surface area contributed by atoms with Crippen molar-refractivity contribution in [2.24, 2.45) is 0 Å². The van der Waals surface area contributed by atoms with Crippen LogP contribution >= 0.6 is 0 Å². The number of hydrogen-bond donors (Lipinski definition) is 0. The average Bonchev–Trinajstić information content (AvgIpc) is 1.99. The minimum atomic E-state index is 1.17. The zero-order chi connectivity index (χ0) is 6.69. The van der Waals surface area contributed by atoms with E-state index >= 15 is 0 Å². The molecule has 9 heavy (non-hydrogen) atoms. The van der Waals surface area contributed by atoms with Crippen LogP contribution in [0.3, 0.4) is 0 Å². The molecule has 0 amide bonds. The molecule has 0 heteroatoms. The standard InChI is InChI=1S/C9H14/c1-8-6-4-3-5-7-9(8)2/h3-4H,5-7H2,1-2H3. The van der Waals surface area contributed by atoms with Crippen molar-refractivity contribution in [2.45, 2.75) is 33.1 Å². The Bertz CT molecular complexity index is 149. The molecule has 0 spiro atoms. The van der Waals surface area contributed by atoms with Crippen molar-refractivity contribution in [3.63, 3.8) is 0 Å². The second-order valence-corrected chi connectivity index (χ2v) is 2.77. The molecule has 0 unspecified atom stereocenters. The number of allylic oxidation sites excluding steroid dienone is 4. The van der Waals surface area contributed by atoms with Gasteiger partial charge in [0.2, 0.25) is 0 Å². The van der Waals surface area contributed by atoms with E-state index in [0.717, 1.165) is 0 Å². The zero-order valence-electron chi connectivity index (χ0n) is 6.28. The molecule has 0 N–H and O–H groups in total. The van der Waals surface area contributed by atoms with Crippen molar-refractivity contribution < 1.29 is 0 Å². The zero-order valence-corrected chi connectivity index (χ0v) is 6.28. The van der Waals surface area contributed by atoms with Crippen LogP contribution in [0.15, 0.2) is 23.3 Å². The van der Waals surface area contributed by atoms with Crippen LogP contribution in [0.5, 0.6) is 0 Å². The van der Waals surface area contributed by atoms with E-state index in [-0.39, 0.29) is 0 Å². The lowest BCUT2D eigenvalue weighted by Crippen LogP contribution is -1.78. The molecule has 0 fully saturated rings. The van der Waals surface area contributed by atoms with Crippen LogP contribution < -0.4 is 0 Å². The maximum atomic E-state index is 2.28. The molecule has 0 aromatic heterocycles. The van der Waals surface area contributed by atoms with E-state index in [0.29, 0.717) is 0 Å². The van der Waals surface area contributed by atoms with Crippen LogP contribution in [0.1, 0.15) is 33.1 Å². The van der Waals surface area contributed by atoms with Crippen molar-refractivity contribution in [1.29, 1.82) is 0 Å². The molecular weight excluding hydrogens is 108 g/mol. The van der Waals surface area contributed by atoms with Gasteiger partial charge in [-0.1, -0.05) is 23.3 Å². The van der Waals surface area contributed by atoms with E-state index in [4.69, 9.17) is 0 Å². The second kappa shape index (κ2) is 2.86. The van der Waals surface area contributed by atoms with E-state index in [2.05, 4.69) is 26.0 Å². The third-order valence-electron chi connectivity index (χ3n) is 2.01. The van der Waals surface area contributed by atoms with Crippen molar-refractivity contribution in [2.75, 3.05) is 0 Å². The second-order valence-electron chi connectivity index (χ2n) is 2.77. The topological polar surface area (TPSA) is 0 Å². The van der Waals surface area contributed by atoms with Crippen LogP contribution in [0.4, 0.5) is 0 Å². The monoisotopic (exact) mass is 122 g/mol. The van der Waals surface area contributed by atoms with Crippen molar-refractivity contribution in [3.8, 4) is 0 Å². The Labute approximate surface area is 57.3 Å². The SMILES string of the molecule is CC1=C(C)CCC=CC1. The highest BCUT2D eigenvalue weighted by Gasteiger charge is 1.97. The average molecular weight is 122 g/mol. The third-order valence-corrected chi connectivity index (χ3v) is 2.01. The summed E-state index contributed by atoms with van der Waals surface area (Å²) < 4.78 is 0. The first-order valence-corrected chi connectivity index (χ1v) is 3.61. The van der Waals surface area contributed by atoms with E-state index in [1.165, 1.54) is 19.3 Å². The summed E-state index contributed by atoms with van der Waals surface area (Å²) in [5.41, 5.74) is 3.14. The Kier molecular flexibility index (Phi) is 2.10. The minimum absolute atomic E-state index is 1.17. The predicted octanol–water partition coefficient (Wildman–Crippen LogP) is 3.06. The maximum Gasteiger partial charge on any atom is -0.0139 e. The van der Waals surface area contributed by atoms with Gasteiger partial charge in [-0.15, -0.1) is 0 Å². The highest BCUT2D eigenvalue weighted by atomic mass is 14.0. The quantitative estimate of drug-likeness (QED) is 0.433.